The molecule has 3 aromatic rings. The molecule has 0 saturated carbocycles. The summed E-state index contributed by atoms with van der Waals surface area (Å²) in [5.74, 6) is 1.90. The maximum Gasteiger partial charge on any atom is 0.232 e. The first-order chi connectivity index (χ1) is 14.3. The van der Waals surface area contributed by atoms with Crippen LogP contribution in [-0.4, -0.2) is 34.1 Å². The monoisotopic (exact) mass is 386 g/mol. The van der Waals surface area contributed by atoms with Crippen LogP contribution in [0, 0.1) is 11.3 Å². The van der Waals surface area contributed by atoms with Gasteiger partial charge in [0.2, 0.25) is 5.88 Å². The van der Waals surface area contributed by atoms with E-state index in [0.717, 1.165) is 38.2 Å². The number of hydrogen-bond acceptors (Lipinski definition) is 6. The van der Waals surface area contributed by atoms with Crippen molar-refractivity contribution < 1.29 is 9.47 Å². The van der Waals surface area contributed by atoms with Crippen LogP contribution >= 0.6 is 0 Å². The van der Waals surface area contributed by atoms with E-state index in [2.05, 4.69) is 33.1 Å². The van der Waals surface area contributed by atoms with Crippen LogP contribution in [0.4, 0.5) is 0 Å². The summed E-state index contributed by atoms with van der Waals surface area (Å²) in [6.07, 6.45) is 7.10. The van der Waals surface area contributed by atoms with Crippen molar-refractivity contribution in [3.63, 3.8) is 0 Å². The zero-order chi connectivity index (χ0) is 19.9. The minimum absolute atomic E-state index is 0.193. The van der Waals surface area contributed by atoms with Crippen molar-refractivity contribution in [2.24, 2.45) is 0 Å². The second kappa shape index (κ2) is 9.18. The highest BCUT2D eigenvalue weighted by molar-refractivity contribution is 5.45. The zero-order valence-electron chi connectivity index (χ0n) is 16.1. The molecule has 0 unspecified atom stereocenters. The second-order valence-electron chi connectivity index (χ2n) is 6.99. The van der Waals surface area contributed by atoms with Gasteiger partial charge >= 0.3 is 0 Å². The first kappa shape index (κ1) is 18.9. The summed E-state index contributed by atoms with van der Waals surface area (Å²) in [5.41, 5.74) is 1.77. The molecule has 0 radical (unpaired) electrons. The molecule has 1 aliphatic rings. The van der Waals surface area contributed by atoms with Crippen molar-refractivity contribution in [3.8, 4) is 23.4 Å². The predicted molar refractivity (Wildman–Crippen MR) is 109 cm³/mol. The minimum atomic E-state index is 0.193. The number of rotatable bonds is 6. The van der Waals surface area contributed by atoms with Crippen LogP contribution in [-0.2, 0) is 6.54 Å². The molecular weight excluding hydrogens is 364 g/mol. The summed E-state index contributed by atoms with van der Waals surface area (Å²) in [6, 6.07) is 17.5. The highest BCUT2D eigenvalue weighted by Gasteiger charge is 2.21. The number of ether oxygens (including phenoxy) is 2. The van der Waals surface area contributed by atoms with Crippen molar-refractivity contribution in [1.29, 1.82) is 5.26 Å². The highest BCUT2D eigenvalue weighted by atomic mass is 16.5. The number of piperidine rings is 1. The standard InChI is InChI=1S/C23H22N4O2/c24-15-19-3-1-2-4-22(19)28-20-7-5-18(6-8-20)17-27-13-9-21(10-14-27)29-23-16-25-11-12-26-23/h1-8,11-12,16,21H,9-10,13-14,17H2. The van der Waals surface area contributed by atoms with E-state index < -0.39 is 0 Å². The van der Waals surface area contributed by atoms with E-state index in [4.69, 9.17) is 9.47 Å². The van der Waals surface area contributed by atoms with Gasteiger partial charge in [0.15, 0.2) is 0 Å². The zero-order valence-corrected chi connectivity index (χ0v) is 16.1. The third-order valence-corrected chi connectivity index (χ3v) is 4.93. The van der Waals surface area contributed by atoms with Gasteiger partial charge in [-0.25, -0.2) is 4.98 Å². The molecule has 0 bridgehead atoms. The smallest absolute Gasteiger partial charge is 0.232 e. The van der Waals surface area contributed by atoms with E-state index in [9.17, 15) is 5.26 Å². The number of hydrogen-bond donors (Lipinski definition) is 0. The third kappa shape index (κ3) is 5.09. The molecule has 0 N–H and O–H groups in total. The summed E-state index contributed by atoms with van der Waals surface area (Å²) in [5, 5.41) is 9.17. The number of nitriles is 1. The lowest BCUT2D eigenvalue weighted by Gasteiger charge is -2.31. The van der Waals surface area contributed by atoms with Gasteiger partial charge in [-0.2, -0.15) is 5.26 Å². The lowest BCUT2D eigenvalue weighted by Crippen LogP contribution is -2.37. The maximum absolute atomic E-state index is 9.17. The minimum Gasteiger partial charge on any atom is -0.473 e. The van der Waals surface area contributed by atoms with Crippen LogP contribution in [0.2, 0.25) is 0 Å². The Morgan fingerprint density at radius 3 is 2.55 bits per heavy atom. The quantitative estimate of drug-likeness (QED) is 0.633. The third-order valence-electron chi connectivity index (χ3n) is 4.93. The Bertz CT molecular complexity index is 962. The number of nitrogens with zero attached hydrogens (tertiary/aromatic N) is 4. The number of likely N-dealkylation sites (tertiary alicyclic amines) is 1. The highest BCUT2D eigenvalue weighted by Crippen LogP contribution is 2.25. The largest absolute Gasteiger partial charge is 0.473 e. The fourth-order valence-corrected chi connectivity index (χ4v) is 3.40. The number of para-hydroxylation sites is 1. The maximum atomic E-state index is 9.17. The summed E-state index contributed by atoms with van der Waals surface area (Å²) >= 11 is 0. The first-order valence-electron chi connectivity index (χ1n) is 9.71. The molecule has 6 nitrogen and oxygen atoms in total. The van der Waals surface area contributed by atoms with Crippen molar-refractivity contribution in [2.75, 3.05) is 13.1 Å². The molecule has 4 rings (SSSR count). The van der Waals surface area contributed by atoms with E-state index in [-0.39, 0.29) is 6.10 Å². The summed E-state index contributed by atoms with van der Waals surface area (Å²) < 4.78 is 11.8. The van der Waals surface area contributed by atoms with Gasteiger partial charge in [-0.05, 0) is 42.7 Å². The molecular formula is C23H22N4O2. The van der Waals surface area contributed by atoms with Crippen LogP contribution in [0.25, 0.3) is 0 Å². The van der Waals surface area contributed by atoms with E-state index in [1.165, 1.54) is 5.56 Å². The molecule has 2 aromatic carbocycles. The van der Waals surface area contributed by atoms with Gasteiger partial charge in [0.05, 0.1) is 11.8 Å². The molecule has 1 fully saturated rings. The second-order valence-corrected chi connectivity index (χ2v) is 6.99. The molecule has 2 heterocycles. The Hall–Kier alpha value is -3.43. The molecule has 0 atom stereocenters. The van der Waals surface area contributed by atoms with Crippen LogP contribution in [0.3, 0.4) is 0 Å². The van der Waals surface area contributed by atoms with Crippen LogP contribution in [0.15, 0.2) is 67.1 Å². The Morgan fingerprint density at radius 1 is 1.03 bits per heavy atom. The lowest BCUT2D eigenvalue weighted by molar-refractivity contribution is 0.0929. The molecule has 146 valence electrons. The summed E-state index contributed by atoms with van der Waals surface area (Å²) in [6.45, 7) is 2.87. The van der Waals surface area contributed by atoms with Gasteiger partial charge in [-0.1, -0.05) is 24.3 Å². The van der Waals surface area contributed by atoms with Crippen LogP contribution < -0.4 is 9.47 Å². The molecule has 0 amide bonds. The van der Waals surface area contributed by atoms with Crippen molar-refractivity contribution >= 4 is 0 Å². The van der Waals surface area contributed by atoms with Gasteiger partial charge < -0.3 is 9.47 Å². The average Bonchev–Trinajstić information content (AvgIpc) is 2.77. The molecule has 29 heavy (non-hydrogen) atoms. The lowest BCUT2D eigenvalue weighted by atomic mass is 10.1. The molecule has 1 aliphatic heterocycles. The molecule has 0 aliphatic carbocycles. The topological polar surface area (TPSA) is 71.3 Å². The van der Waals surface area contributed by atoms with Crippen molar-refractivity contribution in [2.45, 2.75) is 25.5 Å². The van der Waals surface area contributed by atoms with Crippen LogP contribution in [0.1, 0.15) is 24.0 Å². The van der Waals surface area contributed by atoms with E-state index in [1.807, 2.05) is 24.3 Å². The van der Waals surface area contributed by atoms with Crippen molar-refractivity contribution in [1.82, 2.24) is 14.9 Å². The fraction of sp³-hybridized carbons (Fsp3) is 0.261. The molecule has 1 saturated heterocycles. The Kier molecular flexibility index (Phi) is 5.98. The summed E-state index contributed by atoms with van der Waals surface area (Å²) in [4.78, 5) is 10.6. The normalized spacial score (nSPS) is 14.9. The Labute approximate surface area is 170 Å². The SMILES string of the molecule is N#Cc1ccccc1Oc1ccc(CN2CCC(Oc3cnccn3)CC2)cc1. The number of benzene rings is 2. The Balaban J connectivity index is 1.28. The van der Waals surface area contributed by atoms with Crippen LogP contribution in [0.5, 0.6) is 17.4 Å². The number of aromatic nitrogens is 2. The molecule has 0 spiro atoms. The van der Waals surface area contributed by atoms with Crippen molar-refractivity contribution in [3.05, 3.63) is 78.2 Å². The van der Waals surface area contributed by atoms with Gasteiger partial charge in [0.25, 0.3) is 0 Å². The Morgan fingerprint density at radius 2 is 1.83 bits per heavy atom. The average molecular weight is 386 g/mol. The van der Waals surface area contributed by atoms with E-state index >= 15 is 0 Å². The van der Waals surface area contributed by atoms with Gasteiger partial charge in [0.1, 0.15) is 23.7 Å². The van der Waals surface area contributed by atoms with Gasteiger partial charge in [-0.15, -0.1) is 0 Å². The summed E-state index contributed by atoms with van der Waals surface area (Å²) in [7, 11) is 0. The molecule has 1 aromatic heterocycles. The fourth-order valence-electron chi connectivity index (χ4n) is 3.40. The predicted octanol–water partition coefficient (Wildman–Crippen LogP) is 4.18. The molecule has 6 heteroatoms. The van der Waals surface area contributed by atoms with Gasteiger partial charge in [-0.3, -0.25) is 9.88 Å². The first-order valence-corrected chi connectivity index (χ1v) is 9.71. The van der Waals surface area contributed by atoms with E-state index in [0.29, 0.717) is 17.2 Å². The van der Waals surface area contributed by atoms with E-state index in [1.54, 1.807) is 30.7 Å². The van der Waals surface area contributed by atoms with Gasteiger partial charge in [0, 0.05) is 32.0 Å².